The van der Waals surface area contributed by atoms with Crippen LogP contribution in [0.2, 0.25) is 0 Å². The Bertz CT molecular complexity index is 388. The van der Waals surface area contributed by atoms with Crippen molar-refractivity contribution >= 4 is 30.4 Å². The second-order valence-electron chi connectivity index (χ2n) is 3.94. The zero-order chi connectivity index (χ0) is 15.4. The molecule has 0 saturated heterocycles. The first kappa shape index (κ1) is 18.8. The van der Waals surface area contributed by atoms with E-state index in [1.165, 1.54) is 11.3 Å². The summed E-state index contributed by atoms with van der Waals surface area (Å²) in [5.41, 5.74) is 1.39. The van der Waals surface area contributed by atoms with E-state index in [1.807, 2.05) is 12.1 Å². The second kappa shape index (κ2) is 5.64. The standard InChI is InChI=1S/C10H15OS.6FH.Sb/c1-11-10-6-4-9(5-7-10)8-12(2)3;;;;;;;/h4-7H,8H2,1-3H3;6*1H;/q+1;;;;;;;+5/p-6. The van der Waals surface area contributed by atoms with Crippen molar-refractivity contribution in [2.75, 3.05) is 19.6 Å². The van der Waals surface area contributed by atoms with E-state index in [1.54, 1.807) is 7.11 Å². The van der Waals surface area contributed by atoms with Crippen molar-refractivity contribution in [2.45, 2.75) is 5.75 Å². The molecule has 0 atom stereocenters. The van der Waals surface area contributed by atoms with Crippen LogP contribution in [0.25, 0.3) is 0 Å². The quantitative estimate of drug-likeness (QED) is 0.406. The van der Waals surface area contributed by atoms with E-state index in [-0.39, 0.29) is 0 Å². The topological polar surface area (TPSA) is 9.23 Å². The van der Waals surface area contributed by atoms with Crippen LogP contribution in [0, 0.1) is 0 Å². The molecule has 0 aliphatic rings. The Kier molecular flexibility index (Phi) is 5.57. The van der Waals surface area contributed by atoms with Gasteiger partial charge < -0.3 is 4.74 Å². The first-order valence-corrected chi connectivity index (χ1v) is 12.9. The molecule has 19 heavy (non-hydrogen) atoms. The van der Waals surface area contributed by atoms with Crippen LogP contribution in [0.4, 0.5) is 16.9 Å². The van der Waals surface area contributed by atoms with E-state index < -0.39 is 19.5 Å². The Morgan fingerprint density at radius 2 is 1.32 bits per heavy atom. The summed E-state index contributed by atoms with van der Waals surface area (Å²) in [4.78, 5) is 0. The molecule has 0 heterocycles. The Hall–Kier alpha value is -0.232. The minimum atomic E-state index is -11.2. The van der Waals surface area contributed by atoms with Crippen molar-refractivity contribution in [1.29, 1.82) is 0 Å². The van der Waals surface area contributed by atoms with Gasteiger partial charge in [0.05, 0.1) is 19.6 Å². The molecule has 0 saturated carbocycles. The number of rotatable bonds is 3. The molecule has 9 heteroatoms. The zero-order valence-electron chi connectivity index (χ0n) is 10.5. The maximum absolute atomic E-state index is 11.2. The fraction of sp³-hybridized carbons (Fsp3) is 0.400. The summed E-state index contributed by atoms with van der Waals surface area (Å²) in [6.45, 7) is 0. The molecule has 0 bridgehead atoms. The summed E-state index contributed by atoms with van der Waals surface area (Å²) in [6.07, 6.45) is 4.51. The predicted octanol–water partition coefficient (Wildman–Crippen LogP) is 4.21. The average molecular weight is 419 g/mol. The Balaban J connectivity index is 0.000000399. The van der Waals surface area contributed by atoms with Gasteiger partial charge in [-0.05, 0) is 23.0 Å². The van der Waals surface area contributed by atoms with Crippen LogP contribution in [-0.2, 0) is 16.6 Å². The summed E-state index contributed by atoms with van der Waals surface area (Å²) in [5.74, 6) is 2.11. The Morgan fingerprint density at radius 1 is 0.947 bits per heavy atom. The molecule has 0 unspecified atom stereocenters. The van der Waals surface area contributed by atoms with Crippen LogP contribution < -0.4 is 4.74 Å². The van der Waals surface area contributed by atoms with Gasteiger partial charge in [0, 0.05) is 5.56 Å². The van der Waals surface area contributed by atoms with Crippen molar-refractivity contribution in [3.63, 3.8) is 0 Å². The Morgan fingerprint density at radius 3 is 1.58 bits per heavy atom. The van der Waals surface area contributed by atoms with E-state index in [0.29, 0.717) is 10.9 Å². The second-order valence-corrected chi connectivity index (χ2v) is 11.7. The molecule has 1 aromatic rings. The van der Waals surface area contributed by atoms with E-state index in [2.05, 4.69) is 24.6 Å². The molecule has 0 aromatic heterocycles. The molecule has 0 radical (unpaired) electrons. The number of hydrogen-bond acceptors (Lipinski definition) is 1. The van der Waals surface area contributed by atoms with Gasteiger partial charge in [-0.2, -0.15) is 0 Å². The fourth-order valence-corrected chi connectivity index (χ4v) is 1.91. The van der Waals surface area contributed by atoms with E-state index in [0.717, 1.165) is 5.75 Å². The number of halogens is 6. The molecular formula is C10H15F6OSSb. The van der Waals surface area contributed by atoms with Gasteiger partial charge in [0.1, 0.15) is 11.5 Å². The number of hydrogen-bond donors (Lipinski definition) is 0. The monoisotopic (exact) mass is 418 g/mol. The molecule has 1 nitrogen and oxygen atoms in total. The third kappa shape index (κ3) is 17.8. The van der Waals surface area contributed by atoms with Crippen LogP contribution in [0.3, 0.4) is 0 Å². The SMILES string of the molecule is COc1ccc(C[S+](C)C)cc1.[F][Sb-]([F])([F])([F])([F])[F]. The van der Waals surface area contributed by atoms with E-state index in [4.69, 9.17) is 4.74 Å². The Labute approximate surface area is 113 Å². The molecule has 114 valence electrons. The van der Waals surface area contributed by atoms with Crippen LogP contribution in [0.1, 0.15) is 5.56 Å². The molecule has 0 amide bonds. The van der Waals surface area contributed by atoms with Crippen molar-refractivity contribution in [2.24, 2.45) is 0 Å². The molecular weight excluding hydrogens is 404 g/mol. The van der Waals surface area contributed by atoms with Crippen molar-refractivity contribution in [1.82, 2.24) is 0 Å². The molecule has 0 aliphatic carbocycles. The summed E-state index contributed by atoms with van der Waals surface area (Å²) in [7, 11) is 2.18. The number of methoxy groups -OCH3 is 1. The van der Waals surface area contributed by atoms with Crippen LogP contribution in [0.5, 0.6) is 5.75 Å². The van der Waals surface area contributed by atoms with Crippen LogP contribution >= 0.6 is 0 Å². The summed E-state index contributed by atoms with van der Waals surface area (Å²) >= 11 is -11.2. The first-order valence-electron chi connectivity index (χ1n) is 4.91. The van der Waals surface area contributed by atoms with Crippen molar-refractivity contribution in [3.8, 4) is 5.75 Å². The van der Waals surface area contributed by atoms with Gasteiger partial charge >= 0.3 is 36.4 Å². The summed E-state index contributed by atoms with van der Waals surface area (Å²) in [6, 6.07) is 8.29. The fourth-order valence-electron chi connectivity index (χ4n) is 1.06. The maximum atomic E-state index is 9.93. The minimum absolute atomic E-state index is 0.484. The third-order valence-corrected chi connectivity index (χ3v) is 2.53. The molecule has 0 fully saturated rings. The van der Waals surface area contributed by atoms with Crippen LogP contribution in [0.15, 0.2) is 24.3 Å². The number of ether oxygens (including phenoxy) is 1. The average Bonchev–Trinajstić information content (AvgIpc) is 2.13. The molecule has 0 aliphatic heterocycles. The van der Waals surface area contributed by atoms with Gasteiger partial charge in [0.2, 0.25) is 0 Å². The van der Waals surface area contributed by atoms with Gasteiger partial charge in [0.25, 0.3) is 0 Å². The zero-order valence-corrected chi connectivity index (χ0v) is 13.9. The first-order chi connectivity index (χ1) is 8.17. The molecule has 0 N–H and O–H groups in total. The summed E-state index contributed by atoms with van der Waals surface area (Å²) < 4.78 is 64.6. The normalized spacial score (nSPS) is 15.1. The molecule has 1 rings (SSSR count). The molecule has 0 spiro atoms. The number of benzene rings is 1. The van der Waals surface area contributed by atoms with Gasteiger partial charge in [-0.25, -0.2) is 0 Å². The third-order valence-electron chi connectivity index (χ3n) is 1.61. The van der Waals surface area contributed by atoms with Gasteiger partial charge in [-0.3, -0.25) is 0 Å². The van der Waals surface area contributed by atoms with Gasteiger partial charge in [0.15, 0.2) is 0 Å². The van der Waals surface area contributed by atoms with E-state index in [9.17, 15) is 16.9 Å². The van der Waals surface area contributed by atoms with Crippen molar-refractivity contribution in [3.05, 3.63) is 29.8 Å². The summed E-state index contributed by atoms with van der Waals surface area (Å²) in [5, 5.41) is 0. The predicted molar refractivity (Wildman–Crippen MR) is 68.3 cm³/mol. The van der Waals surface area contributed by atoms with E-state index >= 15 is 0 Å². The van der Waals surface area contributed by atoms with Gasteiger partial charge in [-0.15, -0.1) is 0 Å². The van der Waals surface area contributed by atoms with Crippen molar-refractivity contribution < 1.29 is 21.6 Å². The van der Waals surface area contributed by atoms with Crippen LogP contribution in [-0.4, -0.2) is 39.1 Å². The van der Waals surface area contributed by atoms with Gasteiger partial charge in [-0.1, -0.05) is 12.1 Å². The molecule has 1 aromatic carbocycles.